The van der Waals surface area contributed by atoms with Crippen molar-refractivity contribution in [1.29, 1.82) is 0 Å². The van der Waals surface area contributed by atoms with E-state index in [0.717, 1.165) is 16.5 Å². The Balaban J connectivity index is 1.85. The van der Waals surface area contributed by atoms with E-state index in [1.165, 1.54) is 6.92 Å². The maximum atomic E-state index is 12.3. The van der Waals surface area contributed by atoms with Crippen LogP contribution in [-0.4, -0.2) is 75.4 Å². The summed E-state index contributed by atoms with van der Waals surface area (Å²) in [5.74, 6) is -3.61. The number of aromatic amines is 1. The summed E-state index contributed by atoms with van der Waals surface area (Å²) in [6.45, 7) is 0.777. The van der Waals surface area contributed by atoms with E-state index in [2.05, 4.69) is 33.6 Å². The fraction of sp³-hybridized carbons (Fsp3) is 0.400. The Morgan fingerprint density at radius 2 is 1.84 bits per heavy atom. The van der Waals surface area contributed by atoms with Gasteiger partial charge in [-0.05, 0) is 25.0 Å². The highest BCUT2D eigenvalue weighted by molar-refractivity contribution is 7.80. The molecular formula is C20H27N5O6S. The predicted octanol–water partition coefficient (Wildman–Crippen LogP) is -1.48. The number of carbonyl (C=O) groups is 4. The molecule has 12 heteroatoms. The molecule has 0 spiro atoms. The predicted molar refractivity (Wildman–Crippen MR) is 120 cm³/mol. The maximum absolute atomic E-state index is 12.3. The van der Waals surface area contributed by atoms with E-state index >= 15 is 0 Å². The molecule has 2 aromatic rings. The molecule has 0 aliphatic heterocycles. The lowest BCUT2D eigenvalue weighted by Crippen LogP contribution is -2.56. The molecule has 0 fully saturated rings. The normalized spacial score (nSPS) is 14.8. The van der Waals surface area contributed by atoms with E-state index in [9.17, 15) is 24.3 Å². The maximum Gasteiger partial charge on any atom is 0.328 e. The molecule has 1 aromatic carbocycles. The third-order valence-corrected chi connectivity index (χ3v) is 5.12. The second-order valence-electron chi connectivity index (χ2n) is 7.26. The fourth-order valence-corrected chi connectivity index (χ4v) is 3.27. The molecule has 8 N–H and O–H groups in total. The molecule has 4 unspecified atom stereocenters. The topological polar surface area (TPSA) is 187 Å². The first-order valence-corrected chi connectivity index (χ1v) is 10.5. The van der Waals surface area contributed by atoms with Gasteiger partial charge >= 0.3 is 5.97 Å². The number of fused-ring (bicyclic) bond motifs is 1. The third-order valence-electron chi connectivity index (χ3n) is 4.76. The summed E-state index contributed by atoms with van der Waals surface area (Å²) in [5.41, 5.74) is 7.75. The zero-order valence-electron chi connectivity index (χ0n) is 17.4. The van der Waals surface area contributed by atoms with Crippen molar-refractivity contribution in [3.63, 3.8) is 0 Å². The minimum absolute atomic E-state index is 0.127. The lowest BCUT2D eigenvalue weighted by Gasteiger charge is -2.21. The minimum Gasteiger partial charge on any atom is -0.480 e. The van der Waals surface area contributed by atoms with Gasteiger partial charge in [-0.25, -0.2) is 4.79 Å². The van der Waals surface area contributed by atoms with Gasteiger partial charge in [-0.15, -0.1) is 0 Å². The fourth-order valence-electron chi connectivity index (χ4n) is 3.01. The molecule has 0 aliphatic carbocycles. The molecule has 0 saturated carbocycles. The quantitative estimate of drug-likeness (QED) is 0.186. The van der Waals surface area contributed by atoms with Crippen molar-refractivity contribution in [1.82, 2.24) is 20.9 Å². The van der Waals surface area contributed by atoms with Gasteiger partial charge in [-0.1, -0.05) is 18.2 Å². The van der Waals surface area contributed by atoms with E-state index in [1.54, 1.807) is 6.20 Å². The van der Waals surface area contributed by atoms with E-state index in [1.807, 2.05) is 24.3 Å². The standard InChI is InChI=1S/C20H27N5O6S/c1-10(26)17(20(30)31)25-19(29)15(9-32)24-16(27)8-23-18(28)13(21)6-11-7-22-14-5-3-2-4-12(11)14/h2-5,7,10,13,15,17,22,26,32H,6,8-9,21H2,1H3,(H,23,28)(H,24,27)(H,25,29)(H,30,31). The summed E-state index contributed by atoms with van der Waals surface area (Å²) < 4.78 is 0. The number of nitrogens with one attached hydrogen (secondary N) is 4. The van der Waals surface area contributed by atoms with Crippen LogP contribution in [0.25, 0.3) is 10.9 Å². The first-order valence-electron chi connectivity index (χ1n) is 9.83. The number of amides is 3. The Hall–Kier alpha value is -3.09. The van der Waals surface area contributed by atoms with Gasteiger partial charge in [-0.3, -0.25) is 14.4 Å². The largest absolute Gasteiger partial charge is 0.480 e. The molecule has 32 heavy (non-hydrogen) atoms. The number of rotatable bonds is 11. The van der Waals surface area contributed by atoms with Crippen LogP contribution in [0.1, 0.15) is 12.5 Å². The number of aromatic nitrogens is 1. The lowest BCUT2D eigenvalue weighted by atomic mass is 10.1. The van der Waals surface area contributed by atoms with Gasteiger partial charge in [0.15, 0.2) is 6.04 Å². The number of nitrogens with two attached hydrogens (primary N) is 1. The Labute approximate surface area is 189 Å². The van der Waals surface area contributed by atoms with Crippen LogP contribution in [-0.2, 0) is 25.6 Å². The van der Waals surface area contributed by atoms with Crippen molar-refractivity contribution in [3.8, 4) is 0 Å². The van der Waals surface area contributed by atoms with Gasteiger partial charge in [0.2, 0.25) is 17.7 Å². The van der Waals surface area contributed by atoms with Crippen LogP contribution in [0.3, 0.4) is 0 Å². The van der Waals surface area contributed by atoms with Crippen molar-refractivity contribution in [2.75, 3.05) is 12.3 Å². The summed E-state index contributed by atoms with van der Waals surface area (Å²) >= 11 is 3.98. The molecule has 2 rings (SSSR count). The molecule has 174 valence electrons. The number of aliphatic hydroxyl groups excluding tert-OH is 1. The molecule has 3 amide bonds. The highest BCUT2D eigenvalue weighted by Gasteiger charge is 2.29. The smallest absolute Gasteiger partial charge is 0.328 e. The highest BCUT2D eigenvalue weighted by Crippen LogP contribution is 2.18. The summed E-state index contributed by atoms with van der Waals surface area (Å²) in [7, 11) is 0. The molecule has 0 bridgehead atoms. The Kier molecular flexibility index (Phi) is 9.05. The van der Waals surface area contributed by atoms with Crippen LogP contribution >= 0.6 is 12.6 Å². The third kappa shape index (κ3) is 6.70. The number of carbonyl (C=O) groups excluding carboxylic acids is 3. The Morgan fingerprint density at radius 3 is 2.47 bits per heavy atom. The number of hydrogen-bond donors (Lipinski definition) is 8. The number of H-pyrrole nitrogens is 1. The van der Waals surface area contributed by atoms with Gasteiger partial charge in [0, 0.05) is 22.9 Å². The number of aliphatic carboxylic acids is 1. The van der Waals surface area contributed by atoms with Gasteiger partial charge in [0.05, 0.1) is 18.7 Å². The van der Waals surface area contributed by atoms with Gasteiger partial charge in [0.25, 0.3) is 0 Å². The SMILES string of the molecule is CC(O)C(NC(=O)C(CS)NC(=O)CNC(=O)C(N)Cc1c[nH]c2ccccc12)C(=O)O. The molecular weight excluding hydrogens is 438 g/mol. The summed E-state index contributed by atoms with van der Waals surface area (Å²) in [6.07, 6.45) is 0.693. The number of carboxylic acids is 1. The number of benzene rings is 1. The molecule has 0 aliphatic rings. The van der Waals surface area contributed by atoms with Crippen LogP contribution in [0.2, 0.25) is 0 Å². The molecule has 11 nitrogen and oxygen atoms in total. The zero-order chi connectivity index (χ0) is 23.8. The van der Waals surface area contributed by atoms with E-state index in [0.29, 0.717) is 0 Å². The van der Waals surface area contributed by atoms with Gasteiger partial charge in [-0.2, -0.15) is 12.6 Å². The second-order valence-corrected chi connectivity index (χ2v) is 7.62. The summed E-state index contributed by atoms with van der Waals surface area (Å²) in [5, 5.41) is 26.3. The van der Waals surface area contributed by atoms with Crippen molar-refractivity contribution in [2.45, 2.75) is 37.6 Å². The van der Waals surface area contributed by atoms with Crippen LogP contribution in [0.4, 0.5) is 0 Å². The van der Waals surface area contributed by atoms with Crippen LogP contribution < -0.4 is 21.7 Å². The molecule has 1 heterocycles. The minimum atomic E-state index is -1.54. The lowest BCUT2D eigenvalue weighted by molar-refractivity contribution is -0.145. The van der Waals surface area contributed by atoms with E-state index in [4.69, 9.17) is 10.8 Å². The first kappa shape index (κ1) is 25.2. The van der Waals surface area contributed by atoms with Crippen LogP contribution in [0.15, 0.2) is 30.5 Å². The Bertz CT molecular complexity index is 978. The van der Waals surface area contributed by atoms with Crippen molar-refractivity contribution in [2.24, 2.45) is 5.73 Å². The second kappa shape index (κ2) is 11.5. The zero-order valence-corrected chi connectivity index (χ0v) is 18.3. The van der Waals surface area contributed by atoms with Crippen molar-refractivity contribution in [3.05, 3.63) is 36.0 Å². The molecule has 1 aromatic heterocycles. The number of thiol groups is 1. The number of hydrogen-bond acceptors (Lipinski definition) is 7. The van der Waals surface area contributed by atoms with E-state index < -0.39 is 54.5 Å². The monoisotopic (exact) mass is 465 g/mol. The highest BCUT2D eigenvalue weighted by atomic mass is 32.1. The van der Waals surface area contributed by atoms with Gasteiger partial charge in [0.1, 0.15) is 6.04 Å². The van der Waals surface area contributed by atoms with Gasteiger partial charge < -0.3 is 36.9 Å². The number of aliphatic hydroxyl groups is 1. The first-order chi connectivity index (χ1) is 15.1. The van der Waals surface area contributed by atoms with E-state index in [-0.39, 0.29) is 12.2 Å². The van der Waals surface area contributed by atoms with Crippen molar-refractivity contribution >= 4 is 47.2 Å². The average Bonchev–Trinajstić information content (AvgIpc) is 3.16. The molecule has 0 radical (unpaired) electrons. The molecule has 4 atom stereocenters. The molecule has 0 saturated heterocycles. The summed E-state index contributed by atoms with van der Waals surface area (Å²) in [6, 6.07) is 3.99. The number of carboxylic acid groups (broad SMARTS) is 1. The van der Waals surface area contributed by atoms with Crippen molar-refractivity contribution < 1.29 is 29.4 Å². The van der Waals surface area contributed by atoms with Crippen LogP contribution in [0.5, 0.6) is 0 Å². The van der Waals surface area contributed by atoms with Crippen LogP contribution in [0, 0.1) is 0 Å². The summed E-state index contributed by atoms with van der Waals surface area (Å²) in [4.78, 5) is 50.8. The number of para-hydroxylation sites is 1. The average molecular weight is 466 g/mol. The Morgan fingerprint density at radius 1 is 1.16 bits per heavy atom.